The molecule has 1 aliphatic rings. The van der Waals surface area contributed by atoms with Crippen LogP contribution in [0.5, 0.6) is 5.75 Å². The second kappa shape index (κ2) is 9.56. The average molecular weight is 455 g/mol. The highest BCUT2D eigenvalue weighted by molar-refractivity contribution is 6.46. The first-order valence-corrected chi connectivity index (χ1v) is 11.5. The molecule has 0 aliphatic carbocycles. The van der Waals surface area contributed by atoms with Crippen molar-refractivity contribution in [3.8, 4) is 5.75 Å². The van der Waals surface area contributed by atoms with Gasteiger partial charge in [-0.2, -0.15) is 0 Å². The van der Waals surface area contributed by atoms with Gasteiger partial charge in [0.15, 0.2) is 0 Å². The fourth-order valence-corrected chi connectivity index (χ4v) is 3.95. The number of anilines is 2. The van der Waals surface area contributed by atoms with E-state index in [1.165, 1.54) is 4.90 Å². The number of benzene rings is 3. The van der Waals surface area contributed by atoms with Crippen LogP contribution in [0.2, 0.25) is 0 Å². The summed E-state index contributed by atoms with van der Waals surface area (Å²) >= 11 is 0. The molecule has 0 unspecified atom stereocenters. The first-order chi connectivity index (χ1) is 16.3. The minimum absolute atomic E-state index is 0.332. The molecule has 34 heavy (non-hydrogen) atoms. The third kappa shape index (κ3) is 4.46. The van der Waals surface area contributed by atoms with E-state index < -0.39 is 0 Å². The number of carbonyl (C=O) groups excluding carboxylic acids is 2. The lowest BCUT2D eigenvalue weighted by molar-refractivity contribution is -0.120. The highest BCUT2D eigenvalue weighted by Crippen LogP contribution is 2.37. The molecular weight excluding hydrogens is 424 g/mol. The number of likely N-dealkylation sites (N-methyl/N-ethyl adjacent to an activating group) is 1. The van der Waals surface area contributed by atoms with Gasteiger partial charge in [-0.3, -0.25) is 9.59 Å². The number of hydrogen-bond acceptors (Lipinski definition) is 4. The van der Waals surface area contributed by atoms with E-state index in [1.807, 2.05) is 93.7 Å². The number of ether oxygens (including phenoxy) is 1. The van der Waals surface area contributed by atoms with Crippen LogP contribution in [-0.4, -0.2) is 25.5 Å². The molecule has 3 aromatic carbocycles. The minimum Gasteiger partial charge on any atom is -0.493 e. The summed E-state index contributed by atoms with van der Waals surface area (Å²) in [7, 11) is 1.82. The van der Waals surface area contributed by atoms with Gasteiger partial charge in [0.2, 0.25) is 0 Å². The molecule has 0 bridgehead atoms. The van der Waals surface area contributed by atoms with Crippen molar-refractivity contribution < 1.29 is 14.3 Å². The molecule has 0 atom stereocenters. The number of rotatable bonds is 7. The Balaban J connectivity index is 1.79. The number of carbonyl (C=O) groups is 2. The van der Waals surface area contributed by atoms with Crippen LogP contribution in [0.15, 0.2) is 78.5 Å². The zero-order chi connectivity index (χ0) is 24.4. The molecule has 5 nitrogen and oxygen atoms in total. The predicted molar refractivity (Wildman–Crippen MR) is 137 cm³/mol. The minimum atomic E-state index is -0.338. The van der Waals surface area contributed by atoms with Crippen LogP contribution in [0.1, 0.15) is 30.5 Å². The number of para-hydroxylation sites is 1. The van der Waals surface area contributed by atoms with Crippen molar-refractivity contribution >= 4 is 28.8 Å². The lowest BCUT2D eigenvalue weighted by Crippen LogP contribution is -2.34. The Morgan fingerprint density at radius 3 is 2.15 bits per heavy atom. The Morgan fingerprint density at radius 2 is 1.53 bits per heavy atom. The first kappa shape index (κ1) is 23.3. The lowest BCUT2D eigenvalue weighted by Gasteiger charge is -2.22. The van der Waals surface area contributed by atoms with Crippen molar-refractivity contribution in [2.75, 3.05) is 23.5 Å². The maximum atomic E-state index is 13.7. The Kier molecular flexibility index (Phi) is 6.55. The summed E-state index contributed by atoms with van der Waals surface area (Å²) in [5.74, 6) is 0.476. The van der Waals surface area contributed by atoms with Gasteiger partial charge in [-0.1, -0.05) is 50.2 Å². The lowest BCUT2D eigenvalue weighted by atomic mass is 10.0. The van der Waals surface area contributed by atoms with Crippen LogP contribution in [-0.2, 0) is 9.59 Å². The van der Waals surface area contributed by atoms with Crippen molar-refractivity contribution in [1.82, 2.24) is 0 Å². The van der Waals surface area contributed by atoms with Crippen LogP contribution in [0.25, 0.3) is 5.57 Å². The Hall–Kier alpha value is -3.86. The third-order valence-corrected chi connectivity index (χ3v) is 6.01. The molecule has 0 N–H and O–H groups in total. The zero-order valence-electron chi connectivity index (χ0n) is 20.3. The van der Waals surface area contributed by atoms with Gasteiger partial charge >= 0.3 is 0 Å². The van der Waals surface area contributed by atoms with E-state index in [0.29, 0.717) is 35.0 Å². The van der Waals surface area contributed by atoms with E-state index in [-0.39, 0.29) is 11.8 Å². The van der Waals surface area contributed by atoms with E-state index in [9.17, 15) is 9.59 Å². The van der Waals surface area contributed by atoms with E-state index in [1.54, 1.807) is 4.90 Å². The molecule has 0 saturated carbocycles. The van der Waals surface area contributed by atoms with Crippen molar-refractivity contribution in [3.63, 3.8) is 0 Å². The van der Waals surface area contributed by atoms with Gasteiger partial charge in [-0.25, -0.2) is 4.90 Å². The number of amides is 2. The molecule has 174 valence electrons. The summed E-state index contributed by atoms with van der Waals surface area (Å²) in [5, 5.41) is 0. The summed E-state index contributed by atoms with van der Waals surface area (Å²) in [5.41, 5.74) is 4.94. The SMILES string of the molecule is Cc1ccc(N2C(=O)C(c3ccc(OCC(C)C)cc3)=C(N(C)c3ccccc3)C2=O)cc1C. The maximum absolute atomic E-state index is 13.7. The molecule has 2 amide bonds. The number of imide groups is 1. The van der Waals surface area contributed by atoms with Crippen molar-refractivity contribution in [1.29, 1.82) is 0 Å². The van der Waals surface area contributed by atoms with Crippen molar-refractivity contribution in [2.45, 2.75) is 27.7 Å². The quantitative estimate of drug-likeness (QED) is 0.426. The molecule has 5 heteroatoms. The molecule has 0 aromatic heterocycles. The second-order valence-electron chi connectivity index (χ2n) is 9.06. The van der Waals surface area contributed by atoms with Crippen LogP contribution < -0.4 is 14.5 Å². The Bertz CT molecular complexity index is 1240. The molecule has 3 aromatic rings. The van der Waals surface area contributed by atoms with Gasteiger partial charge in [0.25, 0.3) is 11.8 Å². The number of aryl methyl sites for hydroxylation is 2. The van der Waals surface area contributed by atoms with Gasteiger partial charge in [0, 0.05) is 12.7 Å². The molecule has 1 aliphatic heterocycles. The molecular formula is C29H30N2O3. The highest BCUT2D eigenvalue weighted by Gasteiger charge is 2.42. The molecule has 0 fully saturated rings. The van der Waals surface area contributed by atoms with Crippen molar-refractivity contribution in [3.05, 3.63) is 95.2 Å². The Labute approximate surface area is 201 Å². The van der Waals surface area contributed by atoms with Crippen LogP contribution in [0, 0.1) is 19.8 Å². The number of hydrogen-bond donors (Lipinski definition) is 0. The Morgan fingerprint density at radius 1 is 0.853 bits per heavy atom. The summed E-state index contributed by atoms with van der Waals surface area (Å²) in [4.78, 5) is 30.6. The maximum Gasteiger partial charge on any atom is 0.282 e. The monoisotopic (exact) mass is 454 g/mol. The molecule has 0 radical (unpaired) electrons. The van der Waals surface area contributed by atoms with Crippen LogP contribution in [0.3, 0.4) is 0 Å². The van der Waals surface area contributed by atoms with Gasteiger partial charge in [-0.15, -0.1) is 0 Å². The zero-order valence-corrected chi connectivity index (χ0v) is 20.3. The largest absolute Gasteiger partial charge is 0.493 e. The second-order valence-corrected chi connectivity index (χ2v) is 9.06. The van der Waals surface area contributed by atoms with Gasteiger partial charge < -0.3 is 9.64 Å². The van der Waals surface area contributed by atoms with E-state index >= 15 is 0 Å². The van der Waals surface area contributed by atoms with Crippen LogP contribution in [0.4, 0.5) is 11.4 Å². The topological polar surface area (TPSA) is 49.9 Å². The van der Waals surface area contributed by atoms with E-state index in [2.05, 4.69) is 13.8 Å². The first-order valence-electron chi connectivity index (χ1n) is 11.5. The average Bonchev–Trinajstić information content (AvgIpc) is 3.09. The summed E-state index contributed by atoms with van der Waals surface area (Å²) in [6, 6.07) is 22.6. The summed E-state index contributed by atoms with van der Waals surface area (Å²) in [6.45, 7) is 8.78. The number of nitrogens with zero attached hydrogens (tertiary/aromatic N) is 2. The fraction of sp³-hybridized carbons (Fsp3) is 0.241. The smallest absolute Gasteiger partial charge is 0.282 e. The third-order valence-electron chi connectivity index (χ3n) is 6.01. The van der Waals surface area contributed by atoms with E-state index in [0.717, 1.165) is 22.6 Å². The van der Waals surface area contributed by atoms with Crippen LogP contribution >= 0.6 is 0 Å². The van der Waals surface area contributed by atoms with Gasteiger partial charge in [0.05, 0.1) is 17.9 Å². The summed E-state index contributed by atoms with van der Waals surface area (Å²) in [6.07, 6.45) is 0. The standard InChI is InChI=1S/C29H30N2O3/c1-19(2)18-34-25-15-12-22(13-16-25)26-27(30(5)23-9-7-6-8-10-23)29(33)31(28(26)32)24-14-11-20(3)21(4)17-24/h6-17,19H,18H2,1-5H3. The highest BCUT2D eigenvalue weighted by atomic mass is 16.5. The summed E-state index contributed by atoms with van der Waals surface area (Å²) < 4.78 is 5.80. The normalized spacial score (nSPS) is 13.8. The predicted octanol–water partition coefficient (Wildman–Crippen LogP) is 5.76. The van der Waals surface area contributed by atoms with Crippen molar-refractivity contribution in [2.24, 2.45) is 5.92 Å². The molecule has 4 rings (SSSR count). The molecule has 1 heterocycles. The molecule has 0 spiro atoms. The van der Waals surface area contributed by atoms with Gasteiger partial charge in [-0.05, 0) is 72.9 Å². The van der Waals surface area contributed by atoms with Gasteiger partial charge in [0.1, 0.15) is 11.4 Å². The fourth-order valence-electron chi connectivity index (χ4n) is 3.95. The van der Waals surface area contributed by atoms with E-state index in [4.69, 9.17) is 4.74 Å². The molecule has 0 saturated heterocycles.